The SMILES string of the molecule is C/C(C=O)=C/C=O.COC. The van der Waals surface area contributed by atoms with E-state index in [0.717, 1.165) is 0 Å². The van der Waals surface area contributed by atoms with Crippen molar-refractivity contribution in [2.45, 2.75) is 6.92 Å². The van der Waals surface area contributed by atoms with Crippen molar-refractivity contribution in [3.8, 4) is 0 Å². The normalized spacial score (nSPS) is 9.30. The molecule has 0 aliphatic heterocycles. The Balaban J connectivity index is 0. The first kappa shape index (κ1) is 11.8. The standard InChI is InChI=1S/C5H6O2.C2H6O/c1-5(4-7)2-3-6;1-3-2/h2-4H,1H3;1-2H3/b5-2-;. The van der Waals surface area contributed by atoms with Gasteiger partial charge in [-0.15, -0.1) is 0 Å². The molecule has 0 fully saturated rings. The van der Waals surface area contributed by atoms with Gasteiger partial charge in [0.2, 0.25) is 0 Å². The molecular formula is C7H12O3. The molecule has 0 aromatic carbocycles. The van der Waals surface area contributed by atoms with Crippen LogP contribution < -0.4 is 0 Å². The molecule has 0 radical (unpaired) electrons. The Hall–Kier alpha value is -0.960. The molecular weight excluding hydrogens is 132 g/mol. The highest BCUT2D eigenvalue weighted by atomic mass is 16.4. The Kier molecular flexibility index (Phi) is 12.9. The molecule has 3 nitrogen and oxygen atoms in total. The monoisotopic (exact) mass is 144 g/mol. The molecule has 0 saturated heterocycles. The Labute approximate surface area is 60.7 Å². The summed E-state index contributed by atoms with van der Waals surface area (Å²) in [5, 5.41) is 0. The molecule has 0 bridgehead atoms. The van der Waals surface area contributed by atoms with Crippen LogP contribution in [-0.2, 0) is 14.3 Å². The molecule has 0 unspecified atom stereocenters. The number of rotatable bonds is 2. The zero-order chi connectivity index (χ0) is 8.41. The molecule has 0 atom stereocenters. The average Bonchev–Trinajstić information content (AvgIpc) is 1.90. The van der Waals surface area contributed by atoms with Crippen LogP contribution in [-0.4, -0.2) is 26.8 Å². The van der Waals surface area contributed by atoms with Crippen LogP contribution in [0.15, 0.2) is 11.6 Å². The van der Waals surface area contributed by atoms with Crippen LogP contribution in [0.2, 0.25) is 0 Å². The van der Waals surface area contributed by atoms with E-state index in [9.17, 15) is 9.59 Å². The summed E-state index contributed by atoms with van der Waals surface area (Å²) in [5.41, 5.74) is 0.454. The maximum Gasteiger partial charge on any atom is 0.145 e. The van der Waals surface area contributed by atoms with Crippen molar-refractivity contribution in [2.75, 3.05) is 14.2 Å². The zero-order valence-electron chi connectivity index (χ0n) is 6.46. The second-order valence-corrected chi connectivity index (χ2v) is 1.57. The number of hydrogen-bond donors (Lipinski definition) is 0. The lowest BCUT2D eigenvalue weighted by Crippen LogP contribution is -1.74. The number of carbonyl (C=O) groups excluding carboxylic acids is 2. The fourth-order valence-electron chi connectivity index (χ4n) is 0.147. The van der Waals surface area contributed by atoms with Gasteiger partial charge in [-0.2, -0.15) is 0 Å². The first-order valence-electron chi connectivity index (χ1n) is 2.70. The van der Waals surface area contributed by atoms with E-state index in [4.69, 9.17) is 0 Å². The van der Waals surface area contributed by atoms with Gasteiger partial charge in [-0.3, -0.25) is 9.59 Å². The van der Waals surface area contributed by atoms with Crippen molar-refractivity contribution in [3.63, 3.8) is 0 Å². The molecule has 0 N–H and O–H groups in total. The summed E-state index contributed by atoms with van der Waals surface area (Å²) in [7, 11) is 3.25. The lowest BCUT2D eigenvalue weighted by molar-refractivity contribution is -0.106. The third-order valence-electron chi connectivity index (χ3n) is 0.517. The van der Waals surface area contributed by atoms with E-state index >= 15 is 0 Å². The van der Waals surface area contributed by atoms with Crippen molar-refractivity contribution in [1.82, 2.24) is 0 Å². The lowest BCUT2D eigenvalue weighted by atomic mass is 10.3. The van der Waals surface area contributed by atoms with E-state index in [-0.39, 0.29) is 0 Å². The van der Waals surface area contributed by atoms with Gasteiger partial charge in [-0.25, -0.2) is 0 Å². The molecule has 0 aromatic heterocycles. The molecule has 10 heavy (non-hydrogen) atoms. The fraction of sp³-hybridized carbons (Fsp3) is 0.429. The third kappa shape index (κ3) is 15.7. The number of hydrogen-bond acceptors (Lipinski definition) is 3. The van der Waals surface area contributed by atoms with Crippen LogP contribution >= 0.6 is 0 Å². The fourth-order valence-corrected chi connectivity index (χ4v) is 0.147. The maximum absolute atomic E-state index is 9.67. The van der Waals surface area contributed by atoms with Gasteiger partial charge < -0.3 is 4.74 Å². The minimum Gasteiger partial charge on any atom is -0.388 e. The molecule has 0 aliphatic rings. The summed E-state index contributed by atoms with van der Waals surface area (Å²) in [5.74, 6) is 0. The van der Waals surface area contributed by atoms with Crippen molar-refractivity contribution in [1.29, 1.82) is 0 Å². The van der Waals surface area contributed by atoms with Gasteiger partial charge in [0.25, 0.3) is 0 Å². The van der Waals surface area contributed by atoms with Gasteiger partial charge in [-0.1, -0.05) is 0 Å². The number of allylic oxidation sites excluding steroid dienone is 2. The van der Waals surface area contributed by atoms with Crippen LogP contribution in [0.3, 0.4) is 0 Å². The molecule has 3 heteroatoms. The summed E-state index contributed by atoms with van der Waals surface area (Å²) in [6, 6.07) is 0. The summed E-state index contributed by atoms with van der Waals surface area (Å²) < 4.78 is 4.25. The van der Waals surface area contributed by atoms with E-state index in [1.54, 1.807) is 21.1 Å². The van der Waals surface area contributed by atoms with Crippen molar-refractivity contribution < 1.29 is 14.3 Å². The van der Waals surface area contributed by atoms with Crippen LogP contribution in [0.1, 0.15) is 6.92 Å². The highest BCUT2D eigenvalue weighted by molar-refractivity contribution is 5.80. The molecule has 0 aromatic rings. The van der Waals surface area contributed by atoms with Gasteiger partial charge in [0.15, 0.2) is 0 Å². The third-order valence-corrected chi connectivity index (χ3v) is 0.517. The molecule has 0 spiro atoms. The van der Waals surface area contributed by atoms with Gasteiger partial charge in [0, 0.05) is 14.2 Å². The highest BCUT2D eigenvalue weighted by Crippen LogP contribution is 1.79. The van der Waals surface area contributed by atoms with Gasteiger partial charge >= 0.3 is 0 Å². The van der Waals surface area contributed by atoms with Gasteiger partial charge in [-0.05, 0) is 18.6 Å². The van der Waals surface area contributed by atoms with Crippen molar-refractivity contribution in [3.05, 3.63) is 11.6 Å². The first-order chi connectivity index (χ1) is 4.72. The largest absolute Gasteiger partial charge is 0.388 e. The van der Waals surface area contributed by atoms with Crippen LogP contribution in [0.4, 0.5) is 0 Å². The van der Waals surface area contributed by atoms with E-state index < -0.39 is 0 Å². The number of aldehydes is 2. The average molecular weight is 144 g/mol. The van der Waals surface area contributed by atoms with Crippen LogP contribution in [0, 0.1) is 0 Å². The predicted octanol–water partition coefficient (Wildman–Crippen LogP) is 0.593. The van der Waals surface area contributed by atoms with E-state index in [0.29, 0.717) is 18.1 Å². The molecule has 0 heterocycles. The van der Waals surface area contributed by atoms with Crippen molar-refractivity contribution in [2.24, 2.45) is 0 Å². The summed E-state index contributed by atoms with van der Waals surface area (Å²) in [6.07, 6.45) is 2.44. The van der Waals surface area contributed by atoms with Gasteiger partial charge in [0.05, 0.1) is 0 Å². The number of carbonyl (C=O) groups is 2. The Morgan fingerprint density at radius 1 is 1.30 bits per heavy atom. The quantitative estimate of drug-likeness (QED) is 0.421. The minimum absolute atomic E-state index is 0.454. The lowest BCUT2D eigenvalue weighted by Gasteiger charge is -1.73. The Morgan fingerprint density at radius 3 is 1.80 bits per heavy atom. The topological polar surface area (TPSA) is 43.4 Å². The van der Waals surface area contributed by atoms with E-state index in [1.165, 1.54) is 6.08 Å². The molecule has 0 amide bonds. The second-order valence-electron chi connectivity index (χ2n) is 1.57. The summed E-state index contributed by atoms with van der Waals surface area (Å²) in [6.45, 7) is 1.57. The van der Waals surface area contributed by atoms with Crippen LogP contribution in [0.25, 0.3) is 0 Å². The summed E-state index contributed by atoms with van der Waals surface area (Å²) in [4.78, 5) is 19.2. The predicted molar refractivity (Wildman–Crippen MR) is 38.8 cm³/mol. The Morgan fingerprint density at radius 2 is 1.70 bits per heavy atom. The second kappa shape index (κ2) is 10.9. The Bertz CT molecular complexity index is 116. The van der Waals surface area contributed by atoms with Crippen LogP contribution in [0.5, 0.6) is 0 Å². The molecule has 0 saturated carbocycles. The number of methoxy groups -OCH3 is 1. The first-order valence-corrected chi connectivity index (χ1v) is 2.70. The van der Waals surface area contributed by atoms with Gasteiger partial charge in [0.1, 0.15) is 12.6 Å². The zero-order valence-corrected chi connectivity index (χ0v) is 6.46. The molecule has 0 rings (SSSR count). The minimum atomic E-state index is 0.454. The molecule has 58 valence electrons. The van der Waals surface area contributed by atoms with E-state index in [2.05, 4.69) is 4.74 Å². The molecule has 0 aliphatic carbocycles. The summed E-state index contributed by atoms with van der Waals surface area (Å²) >= 11 is 0. The maximum atomic E-state index is 9.67. The van der Waals surface area contributed by atoms with Crippen molar-refractivity contribution >= 4 is 12.6 Å². The smallest absolute Gasteiger partial charge is 0.145 e. The van der Waals surface area contributed by atoms with E-state index in [1.807, 2.05) is 0 Å². The highest BCUT2D eigenvalue weighted by Gasteiger charge is 1.76. The number of ether oxygens (including phenoxy) is 1.